The third-order valence-corrected chi connectivity index (χ3v) is 5.09. The van der Waals surface area contributed by atoms with E-state index in [0.717, 1.165) is 21.3 Å². The van der Waals surface area contributed by atoms with Gasteiger partial charge in [-0.25, -0.2) is 0 Å². The molecule has 1 heterocycles. The van der Waals surface area contributed by atoms with E-state index in [1.54, 1.807) is 4.90 Å². The fraction of sp³-hybridized carbons (Fsp3) is 0.286. The molecule has 2 amide bonds. The van der Waals surface area contributed by atoms with E-state index in [0.29, 0.717) is 5.69 Å². The largest absolute Gasteiger partial charge is 0.455 e. The highest BCUT2D eigenvalue weighted by Gasteiger charge is 2.36. The number of benzene rings is 2. The number of halogens is 1. The molecule has 7 heteroatoms. The first-order chi connectivity index (χ1) is 13.3. The molecule has 1 aliphatic rings. The monoisotopic (exact) mass is 444 g/mol. The van der Waals surface area contributed by atoms with Crippen LogP contribution in [0.3, 0.4) is 0 Å². The molecular weight excluding hydrogens is 424 g/mol. The second-order valence-corrected chi connectivity index (χ2v) is 7.73. The summed E-state index contributed by atoms with van der Waals surface area (Å²) in [5, 5.41) is 2.78. The summed E-state index contributed by atoms with van der Waals surface area (Å²) >= 11 is 3.41. The molecule has 2 aromatic carbocycles. The number of aryl methyl sites for hydroxylation is 2. The van der Waals surface area contributed by atoms with Crippen LogP contribution in [0.25, 0.3) is 0 Å². The third kappa shape index (κ3) is 4.59. The van der Waals surface area contributed by atoms with Gasteiger partial charge in [0.15, 0.2) is 6.61 Å². The van der Waals surface area contributed by atoms with Crippen LogP contribution >= 0.6 is 15.9 Å². The molecule has 2 aromatic rings. The zero-order valence-electron chi connectivity index (χ0n) is 15.7. The fourth-order valence-electron chi connectivity index (χ4n) is 3.26. The lowest BCUT2D eigenvalue weighted by molar-refractivity contribution is -0.151. The molecule has 146 valence electrons. The maximum Gasteiger partial charge on any atom is 0.311 e. The van der Waals surface area contributed by atoms with Crippen LogP contribution in [0.1, 0.15) is 17.5 Å². The van der Waals surface area contributed by atoms with Crippen molar-refractivity contribution >= 4 is 45.1 Å². The average Bonchev–Trinajstić information content (AvgIpc) is 3.05. The van der Waals surface area contributed by atoms with Gasteiger partial charge in [0, 0.05) is 28.8 Å². The minimum atomic E-state index is -0.573. The quantitative estimate of drug-likeness (QED) is 0.714. The van der Waals surface area contributed by atoms with Gasteiger partial charge >= 0.3 is 5.97 Å². The van der Waals surface area contributed by atoms with Crippen LogP contribution < -0.4 is 10.2 Å². The third-order valence-electron chi connectivity index (χ3n) is 4.63. The van der Waals surface area contributed by atoms with E-state index in [9.17, 15) is 14.4 Å². The van der Waals surface area contributed by atoms with E-state index in [1.807, 2.05) is 56.3 Å². The number of carbonyl (C=O) groups excluding carboxylic acids is 3. The summed E-state index contributed by atoms with van der Waals surface area (Å²) in [6.45, 7) is 3.65. The molecule has 0 radical (unpaired) electrons. The minimum absolute atomic E-state index is 0.0836. The first-order valence-corrected chi connectivity index (χ1v) is 9.73. The molecule has 0 aliphatic carbocycles. The summed E-state index contributed by atoms with van der Waals surface area (Å²) in [7, 11) is 0. The van der Waals surface area contributed by atoms with Crippen molar-refractivity contribution in [3.05, 3.63) is 58.1 Å². The Hall–Kier alpha value is -2.67. The summed E-state index contributed by atoms with van der Waals surface area (Å²) in [4.78, 5) is 38.3. The van der Waals surface area contributed by atoms with Crippen LogP contribution in [-0.2, 0) is 19.1 Å². The molecule has 6 nitrogen and oxygen atoms in total. The first-order valence-electron chi connectivity index (χ1n) is 8.94. The number of esters is 1. The minimum Gasteiger partial charge on any atom is -0.455 e. The maximum absolute atomic E-state index is 12.3. The van der Waals surface area contributed by atoms with Crippen molar-refractivity contribution < 1.29 is 19.1 Å². The lowest BCUT2D eigenvalue weighted by atomic mass is 10.1. The predicted molar refractivity (Wildman–Crippen MR) is 110 cm³/mol. The Balaban J connectivity index is 1.55. The Morgan fingerprint density at radius 2 is 1.82 bits per heavy atom. The van der Waals surface area contributed by atoms with E-state index in [2.05, 4.69) is 21.2 Å². The van der Waals surface area contributed by atoms with E-state index < -0.39 is 17.8 Å². The topological polar surface area (TPSA) is 75.7 Å². The number of para-hydroxylation sites is 1. The molecule has 28 heavy (non-hydrogen) atoms. The van der Waals surface area contributed by atoms with Crippen molar-refractivity contribution in [2.75, 3.05) is 23.4 Å². The van der Waals surface area contributed by atoms with Gasteiger partial charge in [0.2, 0.25) is 5.91 Å². The van der Waals surface area contributed by atoms with Crippen LogP contribution in [-0.4, -0.2) is 30.9 Å². The van der Waals surface area contributed by atoms with E-state index >= 15 is 0 Å². The van der Waals surface area contributed by atoms with Gasteiger partial charge in [-0.1, -0.05) is 34.1 Å². The first kappa shape index (κ1) is 20.1. The van der Waals surface area contributed by atoms with E-state index in [4.69, 9.17) is 4.74 Å². The van der Waals surface area contributed by atoms with E-state index in [-0.39, 0.29) is 25.5 Å². The molecule has 1 fully saturated rings. The Morgan fingerprint density at radius 1 is 1.18 bits per heavy atom. The molecule has 1 saturated heterocycles. The molecule has 0 spiro atoms. The zero-order chi connectivity index (χ0) is 20.3. The summed E-state index contributed by atoms with van der Waals surface area (Å²) in [6, 6.07) is 13.0. The molecule has 0 saturated carbocycles. The summed E-state index contributed by atoms with van der Waals surface area (Å²) < 4.78 is 6.09. The fourth-order valence-corrected chi connectivity index (χ4v) is 3.95. The number of anilines is 2. The number of rotatable bonds is 5. The average molecular weight is 445 g/mol. The lowest BCUT2D eigenvalue weighted by Crippen LogP contribution is -2.28. The Kier molecular flexibility index (Phi) is 6.14. The smallest absolute Gasteiger partial charge is 0.311 e. The molecule has 0 bridgehead atoms. The number of hydrogen-bond donors (Lipinski definition) is 1. The van der Waals surface area contributed by atoms with Crippen molar-refractivity contribution in [1.82, 2.24) is 0 Å². The van der Waals surface area contributed by atoms with Crippen molar-refractivity contribution in [3.8, 4) is 0 Å². The Labute approximate surface area is 172 Å². The SMILES string of the molecule is Cc1cc(Br)cc(C)c1NC(=O)COC(=O)[C@H]1CC(=O)N(c2ccccc2)C1. The molecule has 0 unspecified atom stereocenters. The molecule has 1 atom stereocenters. The highest BCUT2D eigenvalue weighted by molar-refractivity contribution is 9.10. The van der Waals surface area contributed by atoms with Gasteiger partial charge in [0.1, 0.15) is 0 Å². The molecule has 1 aliphatic heterocycles. The standard InChI is InChI=1S/C21H21BrN2O4/c1-13-8-16(22)9-14(2)20(13)23-18(25)12-28-21(27)15-10-19(26)24(11-15)17-6-4-3-5-7-17/h3-9,15H,10-12H2,1-2H3,(H,23,25)/t15-/m0/s1. The highest BCUT2D eigenvalue weighted by Crippen LogP contribution is 2.26. The van der Waals surface area contributed by atoms with Crippen molar-refractivity contribution in [1.29, 1.82) is 0 Å². The van der Waals surface area contributed by atoms with Gasteiger partial charge < -0.3 is 15.0 Å². The second-order valence-electron chi connectivity index (χ2n) is 6.81. The number of ether oxygens (including phenoxy) is 1. The van der Waals surface area contributed by atoms with Gasteiger partial charge in [-0.3, -0.25) is 14.4 Å². The van der Waals surface area contributed by atoms with Gasteiger partial charge in [0.25, 0.3) is 5.91 Å². The van der Waals surface area contributed by atoms with Crippen LogP contribution in [0.15, 0.2) is 46.9 Å². The van der Waals surface area contributed by atoms with Crippen LogP contribution in [0.2, 0.25) is 0 Å². The predicted octanol–water partition coefficient (Wildman–Crippen LogP) is 3.60. The lowest BCUT2D eigenvalue weighted by Gasteiger charge is -2.16. The molecule has 3 rings (SSSR count). The summed E-state index contributed by atoms with van der Waals surface area (Å²) in [6.07, 6.45) is 0.0836. The van der Waals surface area contributed by atoms with Gasteiger partial charge in [0.05, 0.1) is 5.92 Å². The van der Waals surface area contributed by atoms with Crippen molar-refractivity contribution in [3.63, 3.8) is 0 Å². The van der Waals surface area contributed by atoms with Crippen LogP contribution in [0.5, 0.6) is 0 Å². The van der Waals surface area contributed by atoms with Gasteiger partial charge in [-0.2, -0.15) is 0 Å². The Bertz CT molecular complexity index is 891. The number of nitrogens with one attached hydrogen (secondary N) is 1. The van der Waals surface area contributed by atoms with Gasteiger partial charge in [-0.15, -0.1) is 0 Å². The highest BCUT2D eigenvalue weighted by atomic mass is 79.9. The molecular formula is C21H21BrN2O4. The molecule has 1 N–H and O–H groups in total. The number of carbonyl (C=O) groups is 3. The summed E-state index contributed by atoms with van der Waals surface area (Å²) in [5.41, 5.74) is 3.27. The normalized spacial score (nSPS) is 16.2. The van der Waals surface area contributed by atoms with Crippen LogP contribution in [0, 0.1) is 19.8 Å². The summed E-state index contributed by atoms with van der Waals surface area (Å²) in [5.74, 6) is -1.65. The van der Waals surface area contributed by atoms with Crippen molar-refractivity contribution in [2.45, 2.75) is 20.3 Å². The maximum atomic E-state index is 12.3. The second kappa shape index (κ2) is 8.56. The van der Waals surface area contributed by atoms with Crippen LogP contribution in [0.4, 0.5) is 11.4 Å². The number of hydrogen-bond acceptors (Lipinski definition) is 4. The number of amides is 2. The van der Waals surface area contributed by atoms with E-state index in [1.165, 1.54) is 0 Å². The Morgan fingerprint density at radius 3 is 2.46 bits per heavy atom. The number of nitrogens with zero attached hydrogens (tertiary/aromatic N) is 1. The van der Waals surface area contributed by atoms with Crippen molar-refractivity contribution in [2.24, 2.45) is 5.92 Å². The van der Waals surface area contributed by atoms with Gasteiger partial charge in [-0.05, 0) is 49.2 Å². The zero-order valence-corrected chi connectivity index (χ0v) is 17.3. The molecule has 0 aromatic heterocycles.